The minimum atomic E-state index is 0.734. The third-order valence-corrected chi connectivity index (χ3v) is 3.36. The fourth-order valence-electron chi connectivity index (χ4n) is 2.22. The van der Waals surface area contributed by atoms with Crippen molar-refractivity contribution in [3.8, 4) is 0 Å². The normalized spacial score (nSPS) is 11.7. The van der Waals surface area contributed by atoms with E-state index in [1.807, 2.05) is 68.7 Å². The van der Waals surface area contributed by atoms with Crippen molar-refractivity contribution in [1.29, 1.82) is 0 Å². The number of aromatic nitrogens is 2. The molecule has 0 aliphatic rings. The van der Waals surface area contributed by atoms with Gasteiger partial charge < -0.3 is 4.90 Å². The van der Waals surface area contributed by atoms with Gasteiger partial charge in [-0.05, 0) is 44.2 Å². The molecular weight excluding hydrogens is 282 g/mol. The van der Waals surface area contributed by atoms with Crippen molar-refractivity contribution in [2.45, 2.75) is 26.9 Å². The largest absolute Gasteiger partial charge is 0.360 e. The highest BCUT2D eigenvalue weighted by Gasteiger charge is 2.10. The molecule has 0 unspecified atom stereocenters. The molecule has 0 aliphatic heterocycles. The molecule has 2 heterocycles. The molecule has 118 valence electrons. The lowest BCUT2D eigenvalue weighted by Gasteiger charge is -2.25. The number of pyridine rings is 2. The van der Waals surface area contributed by atoms with Crippen molar-refractivity contribution < 1.29 is 0 Å². The number of rotatable bonds is 7. The van der Waals surface area contributed by atoms with Crippen LogP contribution in [0.5, 0.6) is 0 Å². The Morgan fingerprint density at radius 1 is 1.00 bits per heavy atom. The van der Waals surface area contributed by atoms with Crippen LogP contribution in [0.2, 0.25) is 0 Å². The van der Waals surface area contributed by atoms with Crippen LogP contribution in [0.4, 0.5) is 0 Å². The Bertz CT molecular complexity index is 631. The minimum absolute atomic E-state index is 0.734. The Kier molecular flexibility index (Phi) is 6.30. The van der Waals surface area contributed by atoms with Gasteiger partial charge in [-0.2, -0.15) is 0 Å². The van der Waals surface area contributed by atoms with E-state index < -0.39 is 0 Å². The molecule has 3 heteroatoms. The van der Waals surface area contributed by atoms with E-state index in [4.69, 9.17) is 0 Å². The maximum absolute atomic E-state index is 4.44. The van der Waals surface area contributed by atoms with Gasteiger partial charge >= 0.3 is 0 Å². The second-order valence-electron chi connectivity index (χ2n) is 5.39. The molecule has 3 nitrogen and oxygen atoms in total. The molecule has 23 heavy (non-hydrogen) atoms. The molecule has 2 aromatic rings. The Balaban J connectivity index is 2.24. The zero-order valence-electron chi connectivity index (χ0n) is 13.8. The van der Waals surface area contributed by atoms with Crippen molar-refractivity contribution >= 4 is 0 Å². The fraction of sp³-hybridized carbons (Fsp3) is 0.200. The molecule has 2 aromatic heterocycles. The molecule has 0 aliphatic carbocycles. The molecule has 2 rings (SSSR count). The molecule has 0 amide bonds. The van der Waals surface area contributed by atoms with Crippen LogP contribution in [0.15, 0.2) is 84.9 Å². The molecule has 0 bridgehead atoms. The van der Waals surface area contributed by atoms with Crippen LogP contribution in [0.3, 0.4) is 0 Å². The summed E-state index contributed by atoms with van der Waals surface area (Å²) in [6.45, 7) is 9.43. The molecule has 0 saturated carbocycles. The first-order valence-electron chi connectivity index (χ1n) is 7.73. The van der Waals surface area contributed by atoms with Gasteiger partial charge in [0.1, 0.15) is 0 Å². The van der Waals surface area contributed by atoms with Crippen molar-refractivity contribution in [2.24, 2.45) is 0 Å². The highest BCUT2D eigenvalue weighted by atomic mass is 15.1. The van der Waals surface area contributed by atoms with E-state index in [0.717, 1.165) is 35.7 Å². The lowest BCUT2D eigenvalue weighted by Crippen LogP contribution is -2.22. The summed E-state index contributed by atoms with van der Waals surface area (Å²) in [6, 6.07) is 12.0. The molecule has 0 radical (unpaired) electrons. The first-order valence-corrected chi connectivity index (χ1v) is 7.73. The third-order valence-electron chi connectivity index (χ3n) is 3.36. The van der Waals surface area contributed by atoms with E-state index in [1.165, 1.54) is 0 Å². The SMILES string of the molecule is C=C(C)/C=C\C(=C/C)N(Cc1ccccn1)Cc1ccccn1. The summed E-state index contributed by atoms with van der Waals surface area (Å²) in [5, 5.41) is 0. The average molecular weight is 305 g/mol. The Hall–Kier alpha value is -2.68. The van der Waals surface area contributed by atoms with Gasteiger partial charge in [0.2, 0.25) is 0 Å². The van der Waals surface area contributed by atoms with Crippen molar-refractivity contribution in [1.82, 2.24) is 14.9 Å². The highest BCUT2D eigenvalue weighted by Crippen LogP contribution is 2.15. The second kappa shape index (κ2) is 8.69. The Labute approximate surface area is 138 Å². The first kappa shape index (κ1) is 16.7. The van der Waals surface area contributed by atoms with Crippen LogP contribution in [0.1, 0.15) is 25.2 Å². The molecule has 0 aromatic carbocycles. The van der Waals surface area contributed by atoms with Crippen LogP contribution < -0.4 is 0 Å². The van der Waals surface area contributed by atoms with E-state index in [9.17, 15) is 0 Å². The topological polar surface area (TPSA) is 29.0 Å². The molecule has 0 fully saturated rings. The summed E-state index contributed by atoms with van der Waals surface area (Å²) in [5.74, 6) is 0. The van der Waals surface area contributed by atoms with Gasteiger partial charge in [-0.3, -0.25) is 9.97 Å². The summed E-state index contributed by atoms with van der Waals surface area (Å²) in [7, 11) is 0. The Morgan fingerprint density at radius 3 is 1.96 bits per heavy atom. The van der Waals surface area contributed by atoms with Gasteiger partial charge in [0, 0.05) is 18.1 Å². The van der Waals surface area contributed by atoms with Gasteiger partial charge in [-0.25, -0.2) is 0 Å². The zero-order valence-corrected chi connectivity index (χ0v) is 13.8. The second-order valence-corrected chi connectivity index (χ2v) is 5.39. The van der Waals surface area contributed by atoms with Crippen molar-refractivity contribution in [2.75, 3.05) is 0 Å². The summed E-state index contributed by atoms with van der Waals surface area (Å²) >= 11 is 0. The van der Waals surface area contributed by atoms with Crippen LogP contribution >= 0.6 is 0 Å². The minimum Gasteiger partial charge on any atom is -0.360 e. The number of hydrogen-bond donors (Lipinski definition) is 0. The van der Waals surface area contributed by atoms with Crippen molar-refractivity contribution in [3.05, 3.63) is 96.3 Å². The maximum atomic E-state index is 4.44. The lowest BCUT2D eigenvalue weighted by molar-refractivity contribution is 0.330. The van der Waals surface area contributed by atoms with E-state index in [0.29, 0.717) is 0 Å². The lowest BCUT2D eigenvalue weighted by atomic mass is 10.2. The van der Waals surface area contributed by atoms with Gasteiger partial charge in [-0.1, -0.05) is 36.4 Å². The van der Waals surface area contributed by atoms with E-state index in [1.54, 1.807) is 0 Å². The average Bonchev–Trinajstić information content (AvgIpc) is 2.57. The monoisotopic (exact) mass is 305 g/mol. The van der Waals surface area contributed by atoms with Crippen molar-refractivity contribution in [3.63, 3.8) is 0 Å². The predicted molar refractivity (Wildman–Crippen MR) is 95.4 cm³/mol. The third kappa shape index (κ3) is 5.55. The standard InChI is InChI=1S/C20H23N3/c1-4-20(12-11-17(2)3)23(15-18-9-5-7-13-21-18)16-19-10-6-8-14-22-19/h4-14H,2,15-16H2,1,3H3/b12-11-,20-4+. The number of hydrogen-bond acceptors (Lipinski definition) is 3. The quantitative estimate of drug-likeness (QED) is 0.704. The smallest absolute Gasteiger partial charge is 0.0606 e. The summed E-state index contributed by atoms with van der Waals surface area (Å²) in [4.78, 5) is 11.2. The molecule has 0 N–H and O–H groups in total. The number of allylic oxidation sites excluding steroid dienone is 4. The molecule has 0 atom stereocenters. The first-order chi connectivity index (χ1) is 11.2. The summed E-state index contributed by atoms with van der Waals surface area (Å²) < 4.78 is 0. The van der Waals surface area contributed by atoms with E-state index in [2.05, 4.69) is 33.6 Å². The van der Waals surface area contributed by atoms with Gasteiger partial charge in [0.05, 0.1) is 24.5 Å². The zero-order chi connectivity index (χ0) is 16.5. The molecular formula is C20H23N3. The highest BCUT2D eigenvalue weighted by molar-refractivity contribution is 5.25. The van der Waals surface area contributed by atoms with Crippen LogP contribution in [0, 0.1) is 0 Å². The summed E-state index contributed by atoms with van der Waals surface area (Å²) in [5.41, 5.74) is 4.22. The van der Waals surface area contributed by atoms with Crippen LogP contribution in [-0.2, 0) is 13.1 Å². The Morgan fingerprint density at radius 2 is 1.57 bits per heavy atom. The number of nitrogens with zero attached hydrogens (tertiary/aromatic N) is 3. The van der Waals surface area contributed by atoms with Gasteiger partial charge in [-0.15, -0.1) is 0 Å². The van der Waals surface area contributed by atoms with E-state index >= 15 is 0 Å². The maximum Gasteiger partial charge on any atom is 0.0606 e. The van der Waals surface area contributed by atoms with Gasteiger partial charge in [0.15, 0.2) is 0 Å². The molecule has 0 saturated heterocycles. The summed E-state index contributed by atoms with van der Waals surface area (Å²) in [6.07, 6.45) is 9.87. The molecule has 0 spiro atoms. The van der Waals surface area contributed by atoms with Crippen LogP contribution in [-0.4, -0.2) is 14.9 Å². The van der Waals surface area contributed by atoms with Crippen LogP contribution in [0.25, 0.3) is 0 Å². The van der Waals surface area contributed by atoms with Gasteiger partial charge in [0.25, 0.3) is 0 Å². The fourth-order valence-corrected chi connectivity index (χ4v) is 2.22. The predicted octanol–water partition coefficient (Wildman–Crippen LogP) is 4.51. The van der Waals surface area contributed by atoms with E-state index in [-0.39, 0.29) is 0 Å².